The fourth-order valence-electron chi connectivity index (χ4n) is 4.00. The van der Waals surface area contributed by atoms with Crippen LogP contribution in [0.15, 0.2) is 43.7 Å². The number of esters is 1. The number of carbonyl (C=O) groups is 1. The maximum Gasteiger partial charge on any atom is 0.338 e. The molecule has 5 rings (SSSR count). The van der Waals surface area contributed by atoms with E-state index in [4.69, 9.17) is 4.74 Å². The van der Waals surface area contributed by atoms with Crippen molar-refractivity contribution >= 4 is 43.8 Å². The summed E-state index contributed by atoms with van der Waals surface area (Å²) in [5.74, 6) is -0.139. The highest BCUT2D eigenvalue weighted by atomic mass is 32.2. The molecule has 0 atom stereocenters. The third kappa shape index (κ3) is 3.61. The van der Waals surface area contributed by atoms with Gasteiger partial charge in [-0.3, -0.25) is 9.20 Å². The fraction of sp³-hybridized carbons (Fsp3) is 0.333. The fourth-order valence-corrected chi connectivity index (χ4v) is 6.18. The summed E-state index contributed by atoms with van der Waals surface area (Å²) in [6.45, 7) is 2.31. The molecule has 9 nitrogen and oxygen atoms in total. The summed E-state index contributed by atoms with van der Waals surface area (Å²) >= 11 is 1.33. The average Bonchev–Trinajstić information content (AvgIpc) is 2.98. The Morgan fingerprint density at radius 2 is 2.06 bits per heavy atom. The van der Waals surface area contributed by atoms with Crippen LogP contribution in [0.4, 0.5) is 5.69 Å². The van der Waals surface area contributed by atoms with Crippen molar-refractivity contribution in [2.24, 2.45) is 4.40 Å². The van der Waals surface area contributed by atoms with Crippen molar-refractivity contribution in [2.45, 2.75) is 44.1 Å². The van der Waals surface area contributed by atoms with E-state index in [1.807, 2.05) is 17.2 Å². The van der Waals surface area contributed by atoms with Crippen LogP contribution in [0.3, 0.4) is 0 Å². The van der Waals surface area contributed by atoms with Gasteiger partial charge in [-0.1, -0.05) is 6.42 Å². The number of sulfonamides is 1. The van der Waals surface area contributed by atoms with E-state index in [1.165, 1.54) is 27.9 Å². The van der Waals surface area contributed by atoms with Crippen LogP contribution in [-0.4, -0.2) is 36.2 Å². The lowest BCUT2D eigenvalue weighted by Gasteiger charge is -2.29. The molecule has 2 aromatic heterocycles. The van der Waals surface area contributed by atoms with Gasteiger partial charge in [-0.2, -0.15) is 8.42 Å². The van der Waals surface area contributed by atoms with Crippen LogP contribution in [0.5, 0.6) is 0 Å². The summed E-state index contributed by atoms with van der Waals surface area (Å²) in [5.41, 5.74) is 1.52. The molecule has 0 unspecified atom stereocenters. The standard InChI is InChI=1S/C21H20N4O5S2/c1-13-12-31-21-22-15(10-19(26)25(13)21)11-30-20(27)14-6-7-16-17(9-14)32(28,29)23-18-5-3-2-4-8-24(16)18/h6-7,9-10,12H,2-5,8,11H2,1H3. The first kappa shape index (κ1) is 20.8. The molecule has 2 aliphatic heterocycles. The van der Waals surface area contributed by atoms with Crippen molar-refractivity contribution in [1.29, 1.82) is 0 Å². The molecular formula is C21H20N4O5S2. The lowest BCUT2D eigenvalue weighted by Crippen LogP contribution is -2.35. The minimum Gasteiger partial charge on any atom is -0.456 e. The number of anilines is 1. The van der Waals surface area contributed by atoms with Gasteiger partial charge in [-0.25, -0.2) is 9.78 Å². The molecule has 0 bridgehead atoms. The molecule has 0 spiro atoms. The zero-order valence-electron chi connectivity index (χ0n) is 17.3. The van der Waals surface area contributed by atoms with Crippen LogP contribution in [0.25, 0.3) is 4.96 Å². The van der Waals surface area contributed by atoms with Gasteiger partial charge in [-0.15, -0.1) is 15.7 Å². The molecular weight excluding hydrogens is 452 g/mol. The van der Waals surface area contributed by atoms with Gasteiger partial charge in [-0.05, 0) is 38.0 Å². The third-order valence-electron chi connectivity index (χ3n) is 5.56. The second-order valence-corrected chi connectivity index (χ2v) is 10.2. The second kappa shape index (κ2) is 7.82. The number of ether oxygens (including phenoxy) is 1. The Balaban J connectivity index is 1.40. The van der Waals surface area contributed by atoms with E-state index in [0.29, 0.717) is 35.1 Å². The number of aryl methyl sites for hydroxylation is 1. The molecule has 0 saturated carbocycles. The van der Waals surface area contributed by atoms with Gasteiger partial charge in [0, 0.05) is 30.1 Å². The molecule has 32 heavy (non-hydrogen) atoms. The Morgan fingerprint density at radius 3 is 2.91 bits per heavy atom. The lowest BCUT2D eigenvalue weighted by atomic mass is 10.2. The van der Waals surface area contributed by atoms with Crippen molar-refractivity contribution in [3.05, 3.63) is 57.0 Å². The van der Waals surface area contributed by atoms with Gasteiger partial charge in [0.2, 0.25) is 0 Å². The van der Waals surface area contributed by atoms with E-state index < -0.39 is 16.0 Å². The topological polar surface area (TPSA) is 110 Å². The summed E-state index contributed by atoms with van der Waals surface area (Å²) in [6, 6.07) is 5.83. The Morgan fingerprint density at radius 1 is 1.22 bits per heavy atom. The van der Waals surface area contributed by atoms with Crippen LogP contribution in [0.2, 0.25) is 0 Å². The van der Waals surface area contributed by atoms with Gasteiger partial charge in [0.1, 0.15) is 17.3 Å². The number of hydrogen-bond acceptors (Lipinski definition) is 8. The summed E-state index contributed by atoms with van der Waals surface area (Å²) in [5, 5.41) is 1.82. The van der Waals surface area contributed by atoms with Gasteiger partial charge in [0.25, 0.3) is 15.6 Å². The predicted molar refractivity (Wildman–Crippen MR) is 120 cm³/mol. The largest absolute Gasteiger partial charge is 0.456 e. The number of fused-ring (bicyclic) bond motifs is 4. The minimum absolute atomic E-state index is 0.00412. The van der Waals surface area contributed by atoms with Gasteiger partial charge in [0.15, 0.2) is 4.96 Å². The second-order valence-electron chi connectivity index (χ2n) is 7.78. The van der Waals surface area contributed by atoms with Crippen LogP contribution >= 0.6 is 11.3 Å². The average molecular weight is 473 g/mol. The van der Waals surface area contributed by atoms with Gasteiger partial charge >= 0.3 is 5.97 Å². The van der Waals surface area contributed by atoms with Crippen molar-refractivity contribution in [3.63, 3.8) is 0 Å². The van der Waals surface area contributed by atoms with E-state index in [2.05, 4.69) is 9.38 Å². The molecule has 166 valence electrons. The lowest BCUT2D eigenvalue weighted by molar-refractivity contribution is 0.0467. The smallest absolute Gasteiger partial charge is 0.338 e. The molecule has 4 heterocycles. The van der Waals surface area contributed by atoms with Crippen LogP contribution in [-0.2, 0) is 21.4 Å². The zero-order valence-corrected chi connectivity index (χ0v) is 18.9. The number of aromatic nitrogens is 2. The SMILES string of the molecule is Cc1csc2nc(COC(=O)c3ccc4c(c3)S(=O)(=O)N=C3CCCCCN34)cc(=O)n12. The maximum absolute atomic E-state index is 12.7. The molecule has 0 radical (unpaired) electrons. The molecule has 11 heteroatoms. The predicted octanol–water partition coefficient (Wildman–Crippen LogP) is 2.90. The van der Waals surface area contributed by atoms with Crippen LogP contribution in [0.1, 0.15) is 47.4 Å². The number of rotatable bonds is 3. The monoisotopic (exact) mass is 472 g/mol. The molecule has 3 aromatic rings. The molecule has 1 aromatic carbocycles. The van der Waals surface area contributed by atoms with Gasteiger partial charge < -0.3 is 9.64 Å². The van der Waals surface area contributed by atoms with E-state index in [0.717, 1.165) is 25.0 Å². The molecule has 0 aliphatic carbocycles. The summed E-state index contributed by atoms with van der Waals surface area (Å²) in [4.78, 5) is 31.7. The highest BCUT2D eigenvalue weighted by Crippen LogP contribution is 2.35. The number of thiazole rings is 1. The summed E-state index contributed by atoms with van der Waals surface area (Å²) < 4.78 is 36.3. The minimum atomic E-state index is -3.90. The number of nitrogens with zero attached hydrogens (tertiary/aromatic N) is 4. The van der Waals surface area contributed by atoms with Crippen molar-refractivity contribution in [2.75, 3.05) is 11.4 Å². The normalized spacial score (nSPS) is 17.3. The first-order valence-corrected chi connectivity index (χ1v) is 12.5. The molecule has 0 N–H and O–H groups in total. The zero-order chi connectivity index (χ0) is 22.5. The van der Waals surface area contributed by atoms with E-state index in [1.54, 1.807) is 12.1 Å². The number of benzene rings is 1. The highest BCUT2D eigenvalue weighted by molar-refractivity contribution is 7.90. The summed E-state index contributed by atoms with van der Waals surface area (Å²) in [7, 11) is -3.90. The Bertz CT molecular complexity index is 1440. The van der Waals surface area contributed by atoms with Crippen LogP contribution in [0, 0.1) is 6.92 Å². The number of amidine groups is 1. The summed E-state index contributed by atoms with van der Waals surface area (Å²) in [6.07, 6.45) is 3.48. The van der Waals surface area contributed by atoms with Crippen molar-refractivity contribution in [1.82, 2.24) is 9.38 Å². The Hall–Kier alpha value is -3.05. The highest BCUT2D eigenvalue weighted by Gasteiger charge is 2.32. The molecule has 1 saturated heterocycles. The first-order valence-electron chi connectivity index (χ1n) is 10.2. The van der Waals surface area contributed by atoms with Crippen LogP contribution < -0.4 is 10.5 Å². The molecule has 1 fully saturated rings. The maximum atomic E-state index is 12.7. The van der Waals surface area contributed by atoms with Crippen molar-refractivity contribution in [3.8, 4) is 0 Å². The molecule has 2 aliphatic rings. The third-order valence-corrected chi connectivity index (χ3v) is 7.84. The van der Waals surface area contributed by atoms with Crippen molar-refractivity contribution < 1.29 is 17.9 Å². The first-order chi connectivity index (χ1) is 15.3. The Labute approximate surface area is 188 Å². The van der Waals surface area contributed by atoms with Gasteiger partial charge in [0.05, 0.1) is 16.9 Å². The quantitative estimate of drug-likeness (QED) is 0.539. The van der Waals surface area contributed by atoms with E-state index in [9.17, 15) is 18.0 Å². The number of hydrogen-bond donors (Lipinski definition) is 0. The molecule has 0 amide bonds. The van der Waals surface area contributed by atoms with E-state index in [-0.39, 0.29) is 22.6 Å². The Kier molecular flexibility index (Phi) is 5.09. The number of carbonyl (C=O) groups excluding carboxylic acids is 1. The van der Waals surface area contributed by atoms with E-state index >= 15 is 0 Å².